The van der Waals surface area contributed by atoms with Crippen LogP contribution in [0.15, 0.2) is 24.3 Å². The minimum Gasteiger partial charge on any atom is -0.252 e. The third kappa shape index (κ3) is 1.93. The molecule has 1 rings (SSSR count). The summed E-state index contributed by atoms with van der Waals surface area (Å²) >= 11 is 0. The fourth-order valence-electron chi connectivity index (χ4n) is 0.769. The lowest BCUT2D eigenvalue weighted by molar-refractivity contribution is -0.0434. The molecule has 0 bridgehead atoms. The van der Waals surface area contributed by atoms with Crippen molar-refractivity contribution in [2.24, 2.45) is 0 Å². The first-order valence-electron chi connectivity index (χ1n) is 3.23. The first-order chi connectivity index (χ1) is 5.38. The number of nitrogens with zero attached hydrogens (tertiary/aromatic N) is 1. The van der Waals surface area contributed by atoms with Crippen molar-refractivity contribution in [3.05, 3.63) is 30.3 Å². The van der Waals surface area contributed by atoms with Crippen LogP contribution in [-0.2, 0) is 9.68 Å². The van der Waals surface area contributed by atoms with E-state index < -0.39 is 0 Å². The molecule has 0 saturated carbocycles. The zero-order valence-corrected chi connectivity index (χ0v) is 6.57. The fourth-order valence-corrected chi connectivity index (χ4v) is 0.769. The third-order valence-corrected chi connectivity index (χ3v) is 1.22. The van der Waals surface area contributed by atoms with Gasteiger partial charge >= 0.3 is 0 Å². The zero-order valence-electron chi connectivity index (χ0n) is 6.57. The van der Waals surface area contributed by atoms with Crippen LogP contribution in [0.4, 0.5) is 5.69 Å². The van der Waals surface area contributed by atoms with Gasteiger partial charge in [-0.3, -0.25) is 9.68 Å². The molecule has 0 atom stereocenters. The van der Waals surface area contributed by atoms with Gasteiger partial charge in [-0.25, -0.2) is 0 Å². The van der Waals surface area contributed by atoms with Gasteiger partial charge in [-0.15, -0.1) is 5.23 Å². The lowest BCUT2D eigenvalue weighted by Crippen LogP contribution is -2.19. The van der Waals surface area contributed by atoms with E-state index in [1.807, 2.05) is 18.2 Å². The summed E-state index contributed by atoms with van der Waals surface area (Å²) < 4.78 is 0. The van der Waals surface area contributed by atoms with E-state index in [1.165, 1.54) is 19.4 Å². The van der Waals surface area contributed by atoms with E-state index in [9.17, 15) is 0 Å². The molecule has 3 nitrogen and oxygen atoms in total. The molecule has 0 saturated heterocycles. The molecule has 1 aromatic carbocycles. The molecular formula is C8H10NO2. The topological polar surface area (TPSA) is 21.7 Å². The molecule has 0 aliphatic rings. The van der Waals surface area contributed by atoms with Crippen LogP contribution in [0.3, 0.4) is 0 Å². The van der Waals surface area contributed by atoms with Crippen molar-refractivity contribution in [3.63, 3.8) is 0 Å². The molecule has 0 spiro atoms. The summed E-state index contributed by atoms with van der Waals surface area (Å²) in [6.45, 7) is 0. The summed E-state index contributed by atoms with van der Waals surface area (Å²) in [7, 11) is 3.06. The predicted molar refractivity (Wildman–Crippen MR) is 41.8 cm³/mol. The van der Waals surface area contributed by atoms with E-state index in [0.29, 0.717) is 0 Å². The molecule has 0 N–H and O–H groups in total. The quantitative estimate of drug-likeness (QED) is 0.611. The van der Waals surface area contributed by atoms with Crippen LogP contribution < -0.4 is 5.23 Å². The highest BCUT2D eigenvalue weighted by molar-refractivity contribution is 5.39. The monoisotopic (exact) mass is 152 g/mol. The molecular weight excluding hydrogens is 142 g/mol. The second-order valence-electron chi connectivity index (χ2n) is 1.87. The highest BCUT2D eigenvalue weighted by Crippen LogP contribution is 2.11. The largest absolute Gasteiger partial charge is 0.252 e. The number of para-hydroxylation sites is 1. The Morgan fingerprint density at radius 2 is 2.00 bits per heavy atom. The third-order valence-electron chi connectivity index (χ3n) is 1.22. The maximum atomic E-state index is 4.87. The summed E-state index contributed by atoms with van der Waals surface area (Å²) in [6, 6.07) is 10.3. The average molecular weight is 152 g/mol. The van der Waals surface area contributed by atoms with Crippen LogP contribution in [0, 0.1) is 6.07 Å². The second-order valence-corrected chi connectivity index (χ2v) is 1.87. The maximum absolute atomic E-state index is 4.87. The number of hydrogen-bond donors (Lipinski definition) is 0. The van der Waals surface area contributed by atoms with Crippen LogP contribution in [0.5, 0.6) is 0 Å². The molecule has 59 valence electrons. The summed E-state index contributed by atoms with van der Waals surface area (Å²) in [4.78, 5) is 9.73. The second kappa shape index (κ2) is 3.95. The van der Waals surface area contributed by atoms with Crippen molar-refractivity contribution in [1.29, 1.82) is 0 Å². The standard InChI is InChI=1S/C8H10NO2/c1-10-9(11-2)8-6-4-3-5-7-8/h3-6H,1-2H3. The summed E-state index contributed by atoms with van der Waals surface area (Å²) in [5, 5.41) is 1.28. The van der Waals surface area contributed by atoms with E-state index in [2.05, 4.69) is 6.07 Å². The predicted octanol–water partition coefficient (Wildman–Crippen LogP) is 1.42. The Kier molecular flexibility index (Phi) is 2.89. The van der Waals surface area contributed by atoms with E-state index in [4.69, 9.17) is 9.68 Å². The van der Waals surface area contributed by atoms with Gasteiger partial charge in [0.15, 0.2) is 0 Å². The molecule has 0 aromatic heterocycles. The van der Waals surface area contributed by atoms with Gasteiger partial charge < -0.3 is 0 Å². The summed E-state index contributed by atoms with van der Waals surface area (Å²) in [5.74, 6) is 0. The first-order valence-corrected chi connectivity index (χ1v) is 3.23. The van der Waals surface area contributed by atoms with Gasteiger partial charge in [0.25, 0.3) is 0 Å². The molecule has 0 amide bonds. The van der Waals surface area contributed by atoms with Crippen molar-refractivity contribution in [1.82, 2.24) is 0 Å². The van der Waals surface area contributed by atoms with E-state index in [-0.39, 0.29) is 0 Å². The number of rotatable bonds is 3. The van der Waals surface area contributed by atoms with Crippen molar-refractivity contribution in [2.75, 3.05) is 19.4 Å². The maximum Gasteiger partial charge on any atom is 0.103 e. The molecule has 0 fully saturated rings. The number of hydrogen-bond acceptors (Lipinski definition) is 3. The van der Waals surface area contributed by atoms with Crippen LogP contribution in [0.25, 0.3) is 0 Å². The van der Waals surface area contributed by atoms with E-state index in [0.717, 1.165) is 5.69 Å². The molecule has 0 heterocycles. The molecule has 0 aliphatic heterocycles. The molecule has 1 radical (unpaired) electrons. The van der Waals surface area contributed by atoms with Crippen LogP contribution >= 0.6 is 0 Å². The van der Waals surface area contributed by atoms with Gasteiger partial charge in [0.1, 0.15) is 5.69 Å². The first kappa shape index (κ1) is 8.04. The molecule has 3 heteroatoms. The van der Waals surface area contributed by atoms with Crippen LogP contribution in [-0.4, -0.2) is 14.2 Å². The van der Waals surface area contributed by atoms with Crippen LogP contribution in [0.2, 0.25) is 0 Å². The molecule has 1 aromatic rings. The lowest BCUT2D eigenvalue weighted by atomic mass is 10.3. The summed E-state index contributed by atoms with van der Waals surface area (Å²) in [6.07, 6.45) is 0. The Labute approximate surface area is 66.1 Å². The smallest absolute Gasteiger partial charge is 0.103 e. The van der Waals surface area contributed by atoms with Crippen molar-refractivity contribution in [2.45, 2.75) is 0 Å². The highest BCUT2D eigenvalue weighted by Gasteiger charge is 2.01. The van der Waals surface area contributed by atoms with Gasteiger partial charge in [-0.2, -0.15) is 0 Å². The molecule has 0 unspecified atom stereocenters. The number of benzene rings is 1. The Balaban J connectivity index is 2.74. The normalized spacial score (nSPS) is 9.64. The van der Waals surface area contributed by atoms with Gasteiger partial charge in [-0.05, 0) is 6.07 Å². The summed E-state index contributed by atoms with van der Waals surface area (Å²) in [5.41, 5.74) is 0.748. The SMILES string of the molecule is CON(OC)c1[c]cccc1. The van der Waals surface area contributed by atoms with Crippen LogP contribution in [0.1, 0.15) is 0 Å². The van der Waals surface area contributed by atoms with Crippen molar-refractivity contribution in [3.8, 4) is 0 Å². The zero-order chi connectivity index (χ0) is 8.10. The van der Waals surface area contributed by atoms with Crippen molar-refractivity contribution >= 4 is 5.69 Å². The average Bonchev–Trinajstić information content (AvgIpc) is 2.09. The number of anilines is 1. The Hall–Kier alpha value is -1.06. The Morgan fingerprint density at radius 1 is 1.27 bits per heavy atom. The Morgan fingerprint density at radius 3 is 2.45 bits per heavy atom. The van der Waals surface area contributed by atoms with Gasteiger partial charge in [0, 0.05) is 6.07 Å². The highest BCUT2D eigenvalue weighted by atomic mass is 16.9. The van der Waals surface area contributed by atoms with E-state index in [1.54, 1.807) is 6.07 Å². The minimum atomic E-state index is 0.748. The minimum absolute atomic E-state index is 0.748. The van der Waals surface area contributed by atoms with Gasteiger partial charge in [0.2, 0.25) is 0 Å². The van der Waals surface area contributed by atoms with E-state index >= 15 is 0 Å². The molecule has 0 aliphatic carbocycles. The van der Waals surface area contributed by atoms with Crippen molar-refractivity contribution < 1.29 is 9.68 Å². The van der Waals surface area contributed by atoms with Gasteiger partial charge in [0.05, 0.1) is 14.2 Å². The lowest BCUT2D eigenvalue weighted by Gasteiger charge is -2.16. The van der Waals surface area contributed by atoms with Gasteiger partial charge in [-0.1, -0.05) is 18.2 Å². The fraction of sp³-hybridized carbons (Fsp3) is 0.250. The molecule has 11 heavy (non-hydrogen) atoms. The Bertz CT molecular complexity index is 197.